The third-order valence-electron chi connectivity index (χ3n) is 3.73. The van der Waals surface area contributed by atoms with Crippen LogP contribution in [0.1, 0.15) is 31.2 Å². The van der Waals surface area contributed by atoms with Gasteiger partial charge in [0.2, 0.25) is 0 Å². The van der Waals surface area contributed by atoms with E-state index in [1.807, 2.05) is 19.2 Å². The van der Waals surface area contributed by atoms with Crippen LogP contribution >= 0.6 is 0 Å². The van der Waals surface area contributed by atoms with Gasteiger partial charge in [-0.2, -0.15) is 0 Å². The molecule has 1 aromatic carbocycles. The molecule has 0 radical (unpaired) electrons. The molecule has 0 aliphatic heterocycles. The Kier molecular flexibility index (Phi) is 5.02. The molecule has 2 rings (SSSR count). The number of hydrogen-bond acceptors (Lipinski definition) is 3. The summed E-state index contributed by atoms with van der Waals surface area (Å²) in [6, 6.07) is 8.72. The molecule has 1 aromatic rings. The standard InChI is InChI=1S/C15H23NO2/c1-17-13-9-7-12(8-10-13)11-16-14-5-3-4-6-15(14)18-2/h7-10,14-16H,3-6,11H2,1-2H3/t14-,15+/m0/s1. The van der Waals surface area contributed by atoms with E-state index >= 15 is 0 Å². The van der Waals surface area contributed by atoms with E-state index in [2.05, 4.69) is 17.4 Å². The molecule has 0 amide bonds. The summed E-state index contributed by atoms with van der Waals surface area (Å²) in [5.41, 5.74) is 1.29. The molecule has 0 spiro atoms. The Morgan fingerprint density at radius 3 is 2.50 bits per heavy atom. The van der Waals surface area contributed by atoms with Crippen molar-refractivity contribution in [3.8, 4) is 5.75 Å². The van der Waals surface area contributed by atoms with Gasteiger partial charge in [-0.05, 0) is 30.5 Å². The number of methoxy groups -OCH3 is 2. The van der Waals surface area contributed by atoms with Crippen LogP contribution in [0.2, 0.25) is 0 Å². The maximum absolute atomic E-state index is 5.55. The minimum Gasteiger partial charge on any atom is -0.497 e. The number of rotatable bonds is 5. The quantitative estimate of drug-likeness (QED) is 0.870. The molecule has 0 bridgehead atoms. The first kappa shape index (κ1) is 13.4. The topological polar surface area (TPSA) is 30.5 Å². The number of ether oxygens (including phenoxy) is 2. The van der Waals surface area contributed by atoms with Crippen LogP contribution in [0.4, 0.5) is 0 Å². The van der Waals surface area contributed by atoms with Crippen molar-refractivity contribution in [3.05, 3.63) is 29.8 Å². The summed E-state index contributed by atoms with van der Waals surface area (Å²) in [6.45, 7) is 0.897. The molecule has 1 aliphatic carbocycles. The second-order valence-electron chi connectivity index (χ2n) is 4.89. The fourth-order valence-electron chi connectivity index (χ4n) is 2.60. The van der Waals surface area contributed by atoms with Gasteiger partial charge in [0.15, 0.2) is 0 Å². The highest BCUT2D eigenvalue weighted by Crippen LogP contribution is 2.21. The van der Waals surface area contributed by atoms with Gasteiger partial charge in [0.1, 0.15) is 5.75 Å². The summed E-state index contributed by atoms with van der Waals surface area (Å²) in [4.78, 5) is 0. The molecular weight excluding hydrogens is 226 g/mol. The van der Waals surface area contributed by atoms with E-state index in [9.17, 15) is 0 Å². The van der Waals surface area contributed by atoms with Crippen molar-refractivity contribution in [2.75, 3.05) is 14.2 Å². The molecule has 1 aliphatic rings. The van der Waals surface area contributed by atoms with Gasteiger partial charge in [-0.15, -0.1) is 0 Å². The lowest BCUT2D eigenvalue weighted by Gasteiger charge is -2.31. The van der Waals surface area contributed by atoms with Gasteiger partial charge in [-0.1, -0.05) is 25.0 Å². The van der Waals surface area contributed by atoms with Crippen molar-refractivity contribution in [2.24, 2.45) is 0 Å². The molecule has 100 valence electrons. The maximum Gasteiger partial charge on any atom is 0.118 e. The van der Waals surface area contributed by atoms with Crippen LogP contribution < -0.4 is 10.1 Å². The van der Waals surface area contributed by atoms with Gasteiger partial charge < -0.3 is 14.8 Å². The average molecular weight is 249 g/mol. The smallest absolute Gasteiger partial charge is 0.118 e. The summed E-state index contributed by atoms with van der Waals surface area (Å²) < 4.78 is 10.7. The second kappa shape index (κ2) is 6.76. The number of benzene rings is 1. The number of nitrogens with one attached hydrogen (secondary N) is 1. The second-order valence-corrected chi connectivity index (χ2v) is 4.89. The van der Waals surface area contributed by atoms with Crippen molar-refractivity contribution in [1.82, 2.24) is 5.32 Å². The molecule has 18 heavy (non-hydrogen) atoms. The summed E-state index contributed by atoms with van der Waals surface area (Å²) in [5, 5.41) is 3.61. The molecule has 0 unspecified atom stereocenters. The van der Waals surface area contributed by atoms with Gasteiger partial charge >= 0.3 is 0 Å². The summed E-state index contributed by atoms with van der Waals surface area (Å²) in [7, 11) is 3.51. The largest absolute Gasteiger partial charge is 0.497 e. The third-order valence-corrected chi connectivity index (χ3v) is 3.73. The maximum atomic E-state index is 5.55. The van der Waals surface area contributed by atoms with E-state index in [0.717, 1.165) is 12.3 Å². The lowest BCUT2D eigenvalue weighted by Crippen LogP contribution is -2.42. The third kappa shape index (κ3) is 3.47. The van der Waals surface area contributed by atoms with Crippen molar-refractivity contribution in [2.45, 2.75) is 44.4 Å². The van der Waals surface area contributed by atoms with Crippen LogP contribution in [-0.2, 0) is 11.3 Å². The fraction of sp³-hybridized carbons (Fsp3) is 0.600. The Bertz CT molecular complexity index is 350. The molecule has 2 atom stereocenters. The summed E-state index contributed by atoms with van der Waals surface area (Å²) >= 11 is 0. The molecule has 3 heteroatoms. The van der Waals surface area contributed by atoms with Gasteiger partial charge in [0, 0.05) is 19.7 Å². The van der Waals surface area contributed by atoms with E-state index in [1.54, 1.807) is 7.11 Å². The molecule has 1 fully saturated rings. The molecule has 3 nitrogen and oxygen atoms in total. The van der Waals surface area contributed by atoms with Crippen LogP contribution in [0.5, 0.6) is 5.75 Å². The zero-order valence-corrected chi connectivity index (χ0v) is 11.3. The minimum absolute atomic E-state index is 0.372. The van der Waals surface area contributed by atoms with Crippen molar-refractivity contribution < 1.29 is 9.47 Å². The Balaban J connectivity index is 1.85. The average Bonchev–Trinajstić information content (AvgIpc) is 2.46. The highest BCUT2D eigenvalue weighted by atomic mass is 16.5. The predicted molar refractivity (Wildman–Crippen MR) is 72.9 cm³/mol. The first-order chi connectivity index (χ1) is 8.83. The highest BCUT2D eigenvalue weighted by molar-refractivity contribution is 5.27. The van der Waals surface area contributed by atoms with E-state index in [1.165, 1.54) is 31.2 Å². The normalized spacial score (nSPS) is 23.9. The zero-order valence-electron chi connectivity index (χ0n) is 11.3. The Labute approximate surface area is 109 Å². The molecule has 1 N–H and O–H groups in total. The monoisotopic (exact) mass is 249 g/mol. The van der Waals surface area contributed by atoms with E-state index in [0.29, 0.717) is 12.1 Å². The van der Waals surface area contributed by atoms with E-state index in [4.69, 9.17) is 9.47 Å². The van der Waals surface area contributed by atoms with Crippen LogP contribution in [0, 0.1) is 0 Å². The first-order valence-corrected chi connectivity index (χ1v) is 6.72. The first-order valence-electron chi connectivity index (χ1n) is 6.72. The minimum atomic E-state index is 0.372. The van der Waals surface area contributed by atoms with Crippen molar-refractivity contribution >= 4 is 0 Å². The molecule has 0 aromatic heterocycles. The Morgan fingerprint density at radius 2 is 1.83 bits per heavy atom. The van der Waals surface area contributed by atoms with Gasteiger partial charge in [-0.3, -0.25) is 0 Å². The molecule has 1 saturated carbocycles. The van der Waals surface area contributed by atoms with Gasteiger partial charge in [-0.25, -0.2) is 0 Å². The van der Waals surface area contributed by atoms with Crippen LogP contribution in [-0.4, -0.2) is 26.4 Å². The van der Waals surface area contributed by atoms with Crippen LogP contribution in [0.3, 0.4) is 0 Å². The highest BCUT2D eigenvalue weighted by Gasteiger charge is 2.23. The van der Waals surface area contributed by atoms with Crippen LogP contribution in [0.15, 0.2) is 24.3 Å². The summed E-state index contributed by atoms with van der Waals surface area (Å²) in [6.07, 6.45) is 5.36. The van der Waals surface area contributed by atoms with E-state index < -0.39 is 0 Å². The van der Waals surface area contributed by atoms with Crippen molar-refractivity contribution in [1.29, 1.82) is 0 Å². The lowest BCUT2D eigenvalue weighted by molar-refractivity contribution is 0.0413. The SMILES string of the molecule is COc1ccc(CN[C@H]2CCCC[C@H]2OC)cc1. The summed E-state index contributed by atoms with van der Waals surface area (Å²) in [5.74, 6) is 0.909. The molecular formula is C15H23NO2. The van der Waals surface area contributed by atoms with Crippen molar-refractivity contribution in [3.63, 3.8) is 0 Å². The fourth-order valence-corrected chi connectivity index (χ4v) is 2.60. The number of hydrogen-bond donors (Lipinski definition) is 1. The zero-order chi connectivity index (χ0) is 12.8. The predicted octanol–water partition coefficient (Wildman–Crippen LogP) is 2.74. The van der Waals surface area contributed by atoms with E-state index in [-0.39, 0.29) is 0 Å². The van der Waals surface area contributed by atoms with Crippen LogP contribution in [0.25, 0.3) is 0 Å². The lowest BCUT2D eigenvalue weighted by atomic mass is 9.92. The molecule has 0 saturated heterocycles. The van der Waals surface area contributed by atoms with Gasteiger partial charge in [0.25, 0.3) is 0 Å². The van der Waals surface area contributed by atoms with Gasteiger partial charge in [0.05, 0.1) is 13.2 Å². The Morgan fingerprint density at radius 1 is 1.11 bits per heavy atom. The molecule has 0 heterocycles. The Hall–Kier alpha value is -1.06.